The summed E-state index contributed by atoms with van der Waals surface area (Å²) >= 11 is 13.5. The molecule has 1 aliphatic rings. The quantitative estimate of drug-likeness (QED) is 0.373. The second-order valence-electron chi connectivity index (χ2n) is 7.55. The van der Waals surface area contributed by atoms with E-state index < -0.39 is 11.9 Å². The molecule has 12 heteroatoms. The van der Waals surface area contributed by atoms with Crippen LogP contribution in [0.3, 0.4) is 0 Å². The predicted octanol–water partition coefficient (Wildman–Crippen LogP) is 4.36. The third-order valence-electron chi connectivity index (χ3n) is 5.43. The molecule has 0 saturated heterocycles. The molecular weight excluding hydrogens is 502 g/mol. The predicted molar refractivity (Wildman–Crippen MR) is 124 cm³/mol. The van der Waals surface area contributed by atoms with Gasteiger partial charge >= 0.3 is 0 Å². The Morgan fingerprint density at radius 1 is 1.32 bits per heavy atom. The van der Waals surface area contributed by atoms with Crippen molar-refractivity contribution in [1.82, 2.24) is 24.5 Å². The normalized spacial score (nSPS) is 15.3. The number of aromatic nitrogens is 4. The number of nitriles is 1. The number of carbonyl (C=O) groups excluding carboxylic acids is 1. The van der Waals surface area contributed by atoms with Crippen molar-refractivity contribution < 1.29 is 13.9 Å². The number of pyridine rings is 1. The maximum atomic E-state index is 15.1. The van der Waals surface area contributed by atoms with E-state index in [2.05, 4.69) is 15.1 Å². The summed E-state index contributed by atoms with van der Waals surface area (Å²) in [7, 11) is 0. The highest BCUT2D eigenvalue weighted by molar-refractivity contribution is 7.16. The van der Waals surface area contributed by atoms with Crippen LogP contribution in [-0.4, -0.2) is 43.5 Å². The third-order valence-corrected chi connectivity index (χ3v) is 6.76. The summed E-state index contributed by atoms with van der Waals surface area (Å²) in [5, 5.41) is 14.5. The monoisotopic (exact) mass is 516 g/mol. The molecule has 172 valence electrons. The first-order chi connectivity index (χ1) is 16.4. The van der Waals surface area contributed by atoms with Gasteiger partial charge in [-0.2, -0.15) is 10.4 Å². The van der Waals surface area contributed by atoms with Gasteiger partial charge in [0.05, 0.1) is 11.4 Å². The van der Waals surface area contributed by atoms with Crippen LogP contribution in [0.25, 0.3) is 4.96 Å². The van der Waals surface area contributed by atoms with Gasteiger partial charge in [0.25, 0.3) is 5.91 Å². The summed E-state index contributed by atoms with van der Waals surface area (Å²) in [6, 6.07) is 8.40. The number of carbonyl (C=O) groups is 1. The first-order valence-electron chi connectivity index (χ1n) is 10.1. The van der Waals surface area contributed by atoms with Crippen LogP contribution in [-0.2, 0) is 11.2 Å². The van der Waals surface area contributed by atoms with E-state index in [0.29, 0.717) is 23.6 Å². The lowest BCUT2D eigenvalue weighted by atomic mass is 9.95. The van der Waals surface area contributed by atoms with Gasteiger partial charge in [0, 0.05) is 23.6 Å². The number of imidazole rings is 1. The summed E-state index contributed by atoms with van der Waals surface area (Å²) in [6.45, 7) is 1.82. The average Bonchev–Trinajstić information content (AvgIpc) is 3.33. The lowest BCUT2D eigenvalue weighted by molar-refractivity contribution is -0.135. The number of nitrogens with zero attached hydrogens (tertiary/aromatic N) is 6. The molecule has 0 fully saturated rings. The van der Waals surface area contributed by atoms with Gasteiger partial charge in [-0.15, -0.1) is 0 Å². The number of hydrogen-bond acceptors (Lipinski definition) is 7. The molecule has 34 heavy (non-hydrogen) atoms. The Kier molecular flexibility index (Phi) is 5.85. The Labute approximate surface area is 207 Å². The first kappa shape index (κ1) is 22.5. The van der Waals surface area contributed by atoms with Crippen molar-refractivity contribution in [3.05, 3.63) is 74.0 Å². The molecule has 8 nitrogen and oxygen atoms in total. The van der Waals surface area contributed by atoms with Crippen molar-refractivity contribution in [2.75, 3.05) is 13.2 Å². The Bertz CT molecular complexity index is 1480. The number of aryl methyl sites for hydroxylation is 1. The Balaban J connectivity index is 1.51. The lowest BCUT2D eigenvalue weighted by Gasteiger charge is -2.35. The van der Waals surface area contributed by atoms with E-state index in [-0.39, 0.29) is 39.7 Å². The number of benzene rings is 1. The Hall–Kier alpha value is -3.26. The van der Waals surface area contributed by atoms with E-state index >= 15 is 4.39 Å². The molecule has 3 aromatic heterocycles. The first-order valence-corrected chi connectivity index (χ1v) is 11.7. The van der Waals surface area contributed by atoms with Crippen LogP contribution in [0.4, 0.5) is 4.39 Å². The summed E-state index contributed by atoms with van der Waals surface area (Å²) in [5.41, 5.74) is 1.82. The van der Waals surface area contributed by atoms with E-state index in [0.717, 1.165) is 10.7 Å². The lowest BCUT2D eigenvalue weighted by Crippen LogP contribution is -2.43. The Morgan fingerprint density at radius 3 is 2.88 bits per heavy atom. The van der Waals surface area contributed by atoms with Gasteiger partial charge in [0.15, 0.2) is 17.5 Å². The largest absolute Gasteiger partial charge is 0.481 e. The molecule has 0 saturated carbocycles. The highest BCUT2D eigenvalue weighted by Gasteiger charge is 2.38. The highest BCUT2D eigenvalue weighted by Crippen LogP contribution is 2.38. The van der Waals surface area contributed by atoms with Crippen LogP contribution in [0, 0.1) is 24.1 Å². The maximum Gasteiger partial charge on any atom is 0.261 e. The zero-order chi connectivity index (χ0) is 24.0. The summed E-state index contributed by atoms with van der Waals surface area (Å²) in [6.07, 6.45) is 0.487. The number of amides is 1. The second kappa shape index (κ2) is 8.83. The molecule has 5 rings (SSSR count). The SMILES string of the molecule is Cc1nn2c3c(nc2s1)CCN(C(=O)COc1ccc(C#N)nc1Cl)C3c1ccc(Cl)cc1F. The van der Waals surface area contributed by atoms with Crippen molar-refractivity contribution in [1.29, 1.82) is 5.26 Å². The number of hydrogen-bond donors (Lipinski definition) is 0. The topological polar surface area (TPSA) is 96.4 Å². The summed E-state index contributed by atoms with van der Waals surface area (Å²) < 4.78 is 22.4. The van der Waals surface area contributed by atoms with Gasteiger partial charge in [0.2, 0.25) is 4.96 Å². The van der Waals surface area contributed by atoms with Gasteiger partial charge in [0.1, 0.15) is 28.6 Å². The van der Waals surface area contributed by atoms with Gasteiger partial charge < -0.3 is 9.64 Å². The maximum absolute atomic E-state index is 15.1. The highest BCUT2D eigenvalue weighted by atomic mass is 35.5. The van der Waals surface area contributed by atoms with Crippen LogP contribution >= 0.6 is 34.5 Å². The molecule has 0 bridgehead atoms. The Morgan fingerprint density at radius 2 is 2.15 bits per heavy atom. The molecule has 1 atom stereocenters. The van der Waals surface area contributed by atoms with Crippen LogP contribution in [0.5, 0.6) is 5.75 Å². The summed E-state index contributed by atoms with van der Waals surface area (Å²) in [5.74, 6) is -0.750. The second-order valence-corrected chi connectivity index (χ2v) is 9.51. The van der Waals surface area contributed by atoms with Crippen LogP contribution in [0.2, 0.25) is 10.2 Å². The van der Waals surface area contributed by atoms with Crippen LogP contribution in [0.15, 0.2) is 30.3 Å². The van der Waals surface area contributed by atoms with Crippen molar-refractivity contribution in [2.24, 2.45) is 0 Å². The van der Waals surface area contributed by atoms with Gasteiger partial charge in [-0.25, -0.2) is 18.9 Å². The molecule has 1 amide bonds. The van der Waals surface area contributed by atoms with E-state index in [4.69, 9.17) is 33.2 Å². The van der Waals surface area contributed by atoms with Crippen molar-refractivity contribution in [3.63, 3.8) is 0 Å². The molecule has 0 radical (unpaired) electrons. The molecule has 4 heterocycles. The zero-order valence-corrected chi connectivity index (χ0v) is 20.0. The molecular formula is C22H15Cl2FN6O2S. The average molecular weight is 517 g/mol. The minimum Gasteiger partial charge on any atom is -0.481 e. The van der Waals surface area contributed by atoms with Crippen LogP contribution < -0.4 is 4.74 Å². The number of fused-ring (bicyclic) bond motifs is 3. The molecule has 0 aliphatic carbocycles. The fourth-order valence-corrected chi connectivity index (χ4v) is 5.12. The minimum absolute atomic E-state index is 0.0245. The van der Waals surface area contributed by atoms with Gasteiger partial charge in [-0.1, -0.05) is 40.6 Å². The smallest absolute Gasteiger partial charge is 0.261 e. The van der Waals surface area contributed by atoms with E-state index in [1.807, 2.05) is 13.0 Å². The van der Waals surface area contributed by atoms with E-state index in [1.54, 1.807) is 21.5 Å². The molecule has 4 aromatic rings. The fourth-order valence-electron chi connectivity index (χ4n) is 3.98. The van der Waals surface area contributed by atoms with Crippen molar-refractivity contribution in [2.45, 2.75) is 19.4 Å². The molecule has 1 aromatic carbocycles. The molecule has 1 aliphatic heterocycles. The number of ether oxygens (including phenoxy) is 1. The fraction of sp³-hybridized carbons (Fsp3) is 0.227. The summed E-state index contributed by atoms with van der Waals surface area (Å²) in [4.78, 5) is 24.1. The van der Waals surface area contributed by atoms with Crippen molar-refractivity contribution >= 4 is 45.4 Å². The number of rotatable bonds is 4. The minimum atomic E-state index is -0.775. The standard InChI is InChI=1S/C22H15Cl2FN6O2S/c1-11-29-31-20-16(28-22(31)34-11)6-7-30(19(20)14-4-2-12(23)8-15(14)25)18(32)10-33-17-5-3-13(9-26)27-21(17)24/h2-5,8,19H,6-7,10H2,1H3. The van der Waals surface area contributed by atoms with Crippen LogP contribution in [0.1, 0.15) is 33.7 Å². The van der Waals surface area contributed by atoms with Crippen molar-refractivity contribution in [3.8, 4) is 11.8 Å². The van der Waals surface area contributed by atoms with Gasteiger partial charge in [-0.3, -0.25) is 4.79 Å². The van der Waals surface area contributed by atoms with Gasteiger partial charge in [-0.05, 0) is 31.2 Å². The van der Waals surface area contributed by atoms with E-state index in [9.17, 15) is 4.79 Å². The molecule has 0 N–H and O–H groups in total. The molecule has 0 spiro atoms. The molecule has 1 unspecified atom stereocenters. The third kappa shape index (κ3) is 3.96. The zero-order valence-electron chi connectivity index (χ0n) is 17.6. The van der Waals surface area contributed by atoms with E-state index in [1.165, 1.54) is 29.5 Å². The number of halogens is 3.